The van der Waals surface area contributed by atoms with E-state index in [4.69, 9.17) is 4.74 Å². The molecule has 0 atom stereocenters. The minimum atomic E-state index is 0.817. The quantitative estimate of drug-likeness (QED) is 0.737. The van der Waals surface area contributed by atoms with Crippen LogP contribution in [-0.2, 0) is 4.74 Å². The molecule has 0 N–H and O–H groups in total. The molecule has 3 nitrogen and oxygen atoms in total. The first-order chi connectivity index (χ1) is 10.8. The van der Waals surface area contributed by atoms with E-state index in [2.05, 4.69) is 55.6 Å². The van der Waals surface area contributed by atoms with Gasteiger partial charge in [0.2, 0.25) is 0 Å². The average Bonchev–Trinajstić information content (AvgIpc) is 3.02. The Morgan fingerprint density at radius 2 is 1.91 bits per heavy atom. The zero-order chi connectivity index (χ0) is 15.2. The molecule has 0 saturated carbocycles. The van der Waals surface area contributed by atoms with Crippen LogP contribution in [0.4, 0.5) is 0 Å². The molecule has 114 valence electrons. The van der Waals surface area contributed by atoms with Crippen LogP contribution in [0.1, 0.15) is 5.01 Å². The Bertz CT molecular complexity index is 658. The van der Waals surface area contributed by atoms with Gasteiger partial charge in [0, 0.05) is 28.5 Å². The number of halogens is 1. The molecule has 0 aliphatic carbocycles. The summed E-state index contributed by atoms with van der Waals surface area (Å²) in [4.78, 5) is 6.91. The van der Waals surface area contributed by atoms with Gasteiger partial charge < -0.3 is 9.64 Å². The van der Waals surface area contributed by atoms with Gasteiger partial charge in [0.1, 0.15) is 5.01 Å². The zero-order valence-electron chi connectivity index (χ0n) is 12.1. The Morgan fingerprint density at radius 1 is 1.14 bits per heavy atom. The van der Waals surface area contributed by atoms with E-state index >= 15 is 0 Å². The van der Waals surface area contributed by atoms with Crippen LogP contribution in [0, 0.1) is 0 Å². The smallest absolute Gasteiger partial charge is 0.116 e. The van der Waals surface area contributed by atoms with Crippen molar-refractivity contribution >= 4 is 33.3 Å². The highest BCUT2D eigenvalue weighted by Gasteiger charge is 2.04. The summed E-state index contributed by atoms with van der Waals surface area (Å²) >= 11 is 5.11. The van der Waals surface area contributed by atoms with E-state index in [-0.39, 0.29) is 0 Å². The van der Waals surface area contributed by atoms with Crippen LogP contribution in [-0.4, -0.2) is 36.2 Å². The standard InChI is InChI=1S/C17H17BrN2OS/c18-15-6-4-14(5-7-15)16-13-22-17(19-16)3-1-2-8-20-9-11-21-12-10-20/h1-8,13H,9-12H2/b3-1+,8-2+. The van der Waals surface area contributed by atoms with Gasteiger partial charge >= 0.3 is 0 Å². The van der Waals surface area contributed by atoms with Gasteiger partial charge in [0.25, 0.3) is 0 Å². The van der Waals surface area contributed by atoms with E-state index < -0.39 is 0 Å². The predicted octanol–water partition coefficient (Wildman–Crippen LogP) is 4.43. The first kappa shape index (κ1) is 15.5. The summed E-state index contributed by atoms with van der Waals surface area (Å²) in [6.45, 7) is 3.57. The lowest BCUT2D eigenvalue weighted by Crippen LogP contribution is -2.31. The maximum Gasteiger partial charge on any atom is 0.116 e. The van der Waals surface area contributed by atoms with Crippen molar-refractivity contribution < 1.29 is 4.74 Å². The summed E-state index contributed by atoms with van der Waals surface area (Å²) in [5.41, 5.74) is 2.16. The molecule has 0 radical (unpaired) electrons. The maximum absolute atomic E-state index is 5.32. The van der Waals surface area contributed by atoms with Crippen LogP contribution in [0.3, 0.4) is 0 Å². The lowest BCUT2D eigenvalue weighted by molar-refractivity contribution is 0.0594. The van der Waals surface area contributed by atoms with Crippen molar-refractivity contribution in [3.63, 3.8) is 0 Å². The van der Waals surface area contributed by atoms with Crippen LogP contribution in [0.15, 0.2) is 52.5 Å². The normalized spacial score (nSPS) is 16.0. The number of ether oxygens (including phenoxy) is 1. The summed E-state index contributed by atoms with van der Waals surface area (Å²) in [6, 6.07) is 8.22. The Labute approximate surface area is 143 Å². The minimum Gasteiger partial charge on any atom is -0.378 e. The molecule has 1 saturated heterocycles. The second-order valence-electron chi connectivity index (χ2n) is 4.93. The van der Waals surface area contributed by atoms with E-state index in [1.54, 1.807) is 11.3 Å². The second-order valence-corrected chi connectivity index (χ2v) is 6.73. The molecule has 5 heteroatoms. The largest absolute Gasteiger partial charge is 0.378 e. The van der Waals surface area contributed by atoms with Gasteiger partial charge in [-0.3, -0.25) is 0 Å². The number of hydrogen-bond donors (Lipinski definition) is 0. The van der Waals surface area contributed by atoms with Crippen LogP contribution in [0.2, 0.25) is 0 Å². The number of allylic oxidation sites excluding steroid dienone is 2. The first-order valence-corrected chi connectivity index (χ1v) is 8.87. The molecule has 1 fully saturated rings. The molecule has 0 amide bonds. The molecule has 2 heterocycles. The third-order valence-corrected chi connectivity index (χ3v) is 4.69. The van der Waals surface area contributed by atoms with E-state index in [0.717, 1.165) is 47.0 Å². The monoisotopic (exact) mass is 376 g/mol. The summed E-state index contributed by atoms with van der Waals surface area (Å²) in [7, 11) is 0. The Balaban J connectivity index is 1.60. The number of thiazole rings is 1. The number of benzene rings is 1. The van der Waals surface area contributed by atoms with Crippen molar-refractivity contribution in [1.29, 1.82) is 0 Å². The SMILES string of the molecule is Brc1ccc(-c2csc(/C=C/C=C/N3CCOCC3)n2)cc1. The van der Waals surface area contributed by atoms with Gasteiger partial charge in [-0.25, -0.2) is 4.98 Å². The summed E-state index contributed by atoms with van der Waals surface area (Å²) in [6.07, 6.45) is 8.26. The second kappa shape index (κ2) is 7.72. The fourth-order valence-electron chi connectivity index (χ4n) is 2.15. The van der Waals surface area contributed by atoms with Crippen molar-refractivity contribution in [2.75, 3.05) is 26.3 Å². The van der Waals surface area contributed by atoms with Crippen LogP contribution >= 0.6 is 27.3 Å². The minimum absolute atomic E-state index is 0.817. The van der Waals surface area contributed by atoms with E-state index in [9.17, 15) is 0 Å². The molecule has 2 aromatic rings. The topological polar surface area (TPSA) is 25.4 Å². The molecule has 0 spiro atoms. The fourth-order valence-corrected chi connectivity index (χ4v) is 3.15. The fraction of sp³-hybridized carbons (Fsp3) is 0.235. The van der Waals surface area contributed by atoms with Crippen molar-refractivity contribution in [3.05, 3.63) is 57.5 Å². The molecule has 3 rings (SSSR count). The van der Waals surface area contributed by atoms with E-state index in [0.29, 0.717) is 0 Å². The van der Waals surface area contributed by atoms with Crippen molar-refractivity contribution in [1.82, 2.24) is 9.88 Å². The number of hydrogen-bond acceptors (Lipinski definition) is 4. The molecule has 1 aromatic carbocycles. The number of aromatic nitrogens is 1. The van der Waals surface area contributed by atoms with E-state index in [1.807, 2.05) is 24.3 Å². The highest BCUT2D eigenvalue weighted by Crippen LogP contribution is 2.24. The Kier molecular flexibility index (Phi) is 5.43. The molecular formula is C17H17BrN2OS. The predicted molar refractivity (Wildman–Crippen MR) is 95.8 cm³/mol. The molecule has 22 heavy (non-hydrogen) atoms. The number of nitrogens with zero attached hydrogens (tertiary/aromatic N) is 2. The van der Waals surface area contributed by atoms with Gasteiger partial charge in [-0.2, -0.15) is 0 Å². The molecule has 0 unspecified atom stereocenters. The third-order valence-electron chi connectivity index (χ3n) is 3.35. The number of rotatable bonds is 4. The highest BCUT2D eigenvalue weighted by atomic mass is 79.9. The van der Waals surface area contributed by atoms with Crippen LogP contribution in [0.25, 0.3) is 17.3 Å². The summed E-state index contributed by atoms with van der Waals surface area (Å²) in [5.74, 6) is 0. The van der Waals surface area contributed by atoms with Crippen molar-refractivity contribution in [2.45, 2.75) is 0 Å². The third kappa shape index (κ3) is 4.29. The Morgan fingerprint density at radius 3 is 2.68 bits per heavy atom. The van der Waals surface area contributed by atoms with Gasteiger partial charge in [0.05, 0.1) is 18.9 Å². The average molecular weight is 377 g/mol. The first-order valence-electron chi connectivity index (χ1n) is 7.19. The maximum atomic E-state index is 5.32. The Hall–Kier alpha value is -1.43. The molecule has 1 aliphatic rings. The van der Waals surface area contributed by atoms with Crippen molar-refractivity contribution in [2.24, 2.45) is 0 Å². The van der Waals surface area contributed by atoms with Crippen LogP contribution in [0.5, 0.6) is 0 Å². The van der Waals surface area contributed by atoms with Crippen molar-refractivity contribution in [3.8, 4) is 11.3 Å². The lowest BCUT2D eigenvalue weighted by atomic mass is 10.2. The lowest BCUT2D eigenvalue weighted by Gasteiger charge is -2.24. The number of morpholine rings is 1. The molecule has 0 bridgehead atoms. The molecule has 1 aliphatic heterocycles. The van der Waals surface area contributed by atoms with E-state index in [1.165, 1.54) is 0 Å². The summed E-state index contributed by atoms with van der Waals surface area (Å²) < 4.78 is 6.41. The molecular weight excluding hydrogens is 360 g/mol. The van der Waals surface area contributed by atoms with Crippen LogP contribution < -0.4 is 0 Å². The van der Waals surface area contributed by atoms with Gasteiger partial charge in [0.15, 0.2) is 0 Å². The zero-order valence-corrected chi connectivity index (χ0v) is 14.5. The highest BCUT2D eigenvalue weighted by molar-refractivity contribution is 9.10. The van der Waals surface area contributed by atoms with Gasteiger partial charge in [-0.15, -0.1) is 11.3 Å². The molecule has 1 aromatic heterocycles. The van der Waals surface area contributed by atoms with Gasteiger partial charge in [-0.1, -0.05) is 34.1 Å². The summed E-state index contributed by atoms with van der Waals surface area (Å²) in [5, 5.41) is 3.11. The van der Waals surface area contributed by atoms with Gasteiger partial charge in [-0.05, 0) is 30.5 Å².